The third kappa shape index (κ3) is 4.96. The molecule has 4 rings (SSSR count). The standard InChI is InChI=1S/C23H23NO5S3/c1-3-29-17-7-4-6-16(14-17)8-9-21-24(11-5-13-32(25,26)27)22-20(31-21)15-19(28-2)18-10-12-30-23(18)22/h4,6-10,12,14-15H,3,5,11,13H2,1-2H3/p+1/b9-8+. The molecule has 0 spiro atoms. The van der Waals surface area contributed by atoms with E-state index in [0.717, 1.165) is 42.4 Å². The molecule has 0 bridgehead atoms. The lowest BCUT2D eigenvalue weighted by atomic mass is 10.2. The number of fused-ring (bicyclic) bond motifs is 3. The number of thiophene rings is 1. The molecule has 32 heavy (non-hydrogen) atoms. The summed E-state index contributed by atoms with van der Waals surface area (Å²) in [7, 11) is -2.35. The van der Waals surface area contributed by atoms with Gasteiger partial charge in [0.15, 0.2) is 6.54 Å². The van der Waals surface area contributed by atoms with Crippen LogP contribution in [0.1, 0.15) is 23.9 Å². The third-order valence-electron chi connectivity index (χ3n) is 4.98. The summed E-state index contributed by atoms with van der Waals surface area (Å²) in [5, 5.41) is 4.05. The smallest absolute Gasteiger partial charge is 0.265 e. The normalized spacial score (nSPS) is 12.2. The Balaban J connectivity index is 1.79. The van der Waals surface area contributed by atoms with Crippen LogP contribution in [0.2, 0.25) is 0 Å². The van der Waals surface area contributed by atoms with Crippen molar-refractivity contribution in [1.82, 2.24) is 0 Å². The molecule has 0 amide bonds. The summed E-state index contributed by atoms with van der Waals surface area (Å²) in [6.07, 6.45) is 4.37. The van der Waals surface area contributed by atoms with Crippen molar-refractivity contribution >= 4 is 65.2 Å². The molecule has 168 valence electrons. The quantitative estimate of drug-likeness (QED) is 0.256. The average Bonchev–Trinajstić information content (AvgIpc) is 3.36. The fraction of sp³-hybridized carbons (Fsp3) is 0.261. The van der Waals surface area contributed by atoms with Crippen molar-refractivity contribution in [3.05, 3.63) is 52.3 Å². The molecule has 2 aromatic carbocycles. The molecule has 0 radical (unpaired) electrons. The minimum absolute atomic E-state index is 0.277. The van der Waals surface area contributed by atoms with Crippen LogP contribution < -0.4 is 14.0 Å². The summed E-state index contributed by atoms with van der Waals surface area (Å²) < 4.78 is 47.2. The summed E-state index contributed by atoms with van der Waals surface area (Å²) in [4.78, 5) is 0. The zero-order valence-electron chi connectivity index (χ0n) is 17.8. The fourth-order valence-electron chi connectivity index (χ4n) is 3.64. The zero-order chi connectivity index (χ0) is 22.7. The number of methoxy groups -OCH3 is 1. The summed E-state index contributed by atoms with van der Waals surface area (Å²) in [6, 6.07) is 11.9. The van der Waals surface area contributed by atoms with Crippen LogP contribution in [0.25, 0.3) is 32.5 Å². The van der Waals surface area contributed by atoms with Crippen LogP contribution in [-0.2, 0) is 16.7 Å². The van der Waals surface area contributed by atoms with Gasteiger partial charge in [-0.15, -0.1) is 11.3 Å². The molecule has 0 aliphatic rings. The molecule has 0 unspecified atom stereocenters. The first kappa shape index (κ1) is 22.7. The highest BCUT2D eigenvalue weighted by molar-refractivity contribution is 7.85. The number of aromatic nitrogens is 1. The molecule has 2 aromatic heterocycles. The van der Waals surface area contributed by atoms with Gasteiger partial charge in [-0.25, -0.2) is 0 Å². The molecule has 9 heteroatoms. The van der Waals surface area contributed by atoms with Gasteiger partial charge in [0.2, 0.25) is 5.52 Å². The second-order valence-electron chi connectivity index (χ2n) is 7.16. The molecule has 4 aromatic rings. The Morgan fingerprint density at radius 1 is 1.19 bits per heavy atom. The van der Waals surface area contributed by atoms with Crippen molar-refractivity contribution in [2.24, 2.45) is 0 Å². The lowest BCUT2D eigenvalue weighted by Crippen LogP contribution is -2.36. The van der Waals surface area contributed by atoms with E-state index in [1.165, 1.54) is 0 Å². The molecule has 6 nitrogen and oxygen atoms in total. The van der Waals surface area contributed by atoms with Crippen molar-refractivity contribution in [2.45, 2.75) is 19.9 Å². The first-order chi connectivity index (χ1) is 15.4. The zero-order valence-corrected chi connectivity index (χ0v) is 20.2. The van der Waals surface area contributed by atoms with Crippen molar-refractivity contribution in [3.8, 4) is 11.5 Å². The van der Waals surface area contributed by atoms with Crippen LogP contribution in [0.15, 0.2) is 41.8 Å². The van der Waals surface area contributed by atoms with Crippen molar-refractivity contribution in [3.63, 3.8) is 0 Å². The van der Waals surface area contributed by atoms with Gasteiger partial charge in [-0.05, 0) is 42.1 Å². The molecule has 0 atom stereocenters. The van der Waals surface area contributed by atoms with Gasteiger partial charge in [-0.3, -0.25) is 4.55 Å². The number of ether oxygens (including phenoxy) is 2. The number of hydrogen-bond donors (Lipinski definition) is 1. The maximum absolute atomic E-state index is 11.3. The number of hydrogen-bond acceptors (Lipinski definition) is 6. The highest BCUT2D eigenvalue weighted by atomic mass is 32.2. The Labute approximate surface area is 195 Å². The van der Waals surface area contributed by atoms with Gasteiger partial charge >= 0.3 is 0 Å². The summed E-state index contributed by atoms with van der Waals surface area (Å²) in [5.74, 6) is 1.36. The third-order valence-corrected chi connectivity index (χ3v) is 7.81. The highest BCUT2D eigenvalue weighted by Gasteiger charge is 2.24. The minimum atomic E-state index is -4.01. The Hall–Kier alpha value is -2.46. The summed E-state index contributed by atoms with van der Waals surface area (Å²) >= 11 is 3.26. The van der Waals surface area contributed by atoms with E-state index in [9.17, 15) is 13.0 Å². The number of benzene rings is 2. The molecular weight excluding hydrogens is 466 g/mol. The van der Waals surface area contributed by atoms with E-state index in [2.05, 4.69) is 4.57 Å². The lowest BCUT2D eigenvalue weighted by molar-refractivity contribution is -0.667. The van der Waals surface area contributed by atoms with Crippen LogP contribution in [0.5, 0.6) is 11.5 Å². The molecule has 0 saturated heterocycles. The van der Waals surface area contributed by atoms with E-state index in [-0.39, 0.29) is 5.75 Å². The van der Waals surface area contributed by atoms with E-state index in [0.29, 0.717) is 19.6 Å². The molecular formula is C23H24NO5S3+. The van der Waals surface area contributed by atoms with Gasteiger partial charge in [0.1, 0.15) is 20.9 Å². The molecule has 0 aliphatic carbocycles. The molecule has 0 fully saturated rings. The van der Waals surface area contributed by atoms with Gasteiger partial charge in [0, 0.05) is 23.9 Å². The van der Waals surface area contributed by atoms with Gasteiger partial charge in [0.05, 0.1) is 19.5 Å². The fourth-order valence-corrected chi connectivity index (χ4v) is 6.29. The number of aryl methyl sites for hydroxylation is 1. The highest BCUT2D eigenvalue weighted by Crippen LogP contribution is 2.38. The molecule has 1 N–H and O–H groups in total. The van der Waals surface area contributed by atoms with Crippen molar-refractivity contribution in [2.75, 3.05) is 19.5 Å². The predicted octanol–water partition coefficient (Wildman–Crippen LogP) is 5.26. The summed E-state index contributed by atoms with van der Waals surface area (Å²) in [5.41, 5.74) is 2.07. The lowest BCUT2D eigenvalue weighted by Gasteiger charge is -2.03. The number of thiazole rings is 1. The van der Waals surface area contributed by atoms with E-state index in [4.69, 9.17) is 9.47 Å². The Kier molecular flexibility index (Phi) is 6.80. The topological polar surface area (TPSA) is 76.7 Å². The SMILES string of the molecule is CCOc1cccc(/C=C/c2sc3cc(OC)c4ccsc4c3[n+]2CCCS(=O)(=O)O)c1. The van der Waals surface area contributed by atoms with E-state index in [1.807, 2.05) is 60.9 Å². The maximum Gasteiger partial charge on any atom is 0.265 e. The first-order valence-corrected chi connectivity index (χ1v) is 13.5. The molecule has 2 heterocycles. The van der Waals surface area contributed by atoms with Gasteiger partial charge in [0.25, 0.3) is 15.1 Å². The van der Waals surface area contributed by atoms with Crippen LogP contribution in [0, 0.1) is 0 Å². The Morgan fingerprint density at radius 2 is 2.03 bits per heavy atom. The van der Waals surface area contributed by atoms with Gasteiger partial charge < -0.3 is 9.47 Å². The van der Waals surface area contributed by atoms with Crippen LogP contribution in [0.4, 0.5) is 0 Å². The largest absolute Gasteiger partial charge is 0.496 e. The monoisotopic (exact) mass is 490 g/mol. The molecule has 0 aliphatic heterocycles. The van der Waals surface area contributed by atoms with E-state index in [1.54, 1.807) is 29.8 Å². The predicted molar refractivity (Wildman–Crippen MR) is 132 cm³/mol. The van der Waals surface area contributed by atoms with Crippen LogP contribution >= 0.6 is 22.7 Å². The number of rotatable bonds is 9. The average molecular weight is 491 g/mol. The van der Waals surface area contributed by atoms with E-state index >= 15 is 0 Å². The summed E-state index contributed by atoms with van der Waals surface area (Å²) in [6.45, 7) is 3.03. The maximum atomic E-state index is 11.3. The second kappa shape index (κ2) is 9.58. The van der Waals surface area contributed by atoms with Crippen molar-refractivity contribution in [1.29, 1.82) is 0 Å². The second-order valence-corrected chi connectivity index (χ2v) is 10.7. The van der Waals surface area contributed by atoms with Crippen molar-refractivity contribution < 1.29 is 27.0 Å². The van der Waals surface area contributed by atoms with E-state index < -0.39 is 10.1 Å². The Bertz CT molecular complexity index is 1390. The minimum Gasteiger partial charge on any atom is -0.496 e. The first-order valence-electron chi connectivity index (χ1n) is 10.2. The Morgan fingerprint density at radius 3 is 2.78 bits per heavy atom. The van der Waals surface area contributed by atoms with Crippen LogP contribution in [0.3, 0.4) is 0 Å². The molecule has 0 saturated carbocycles. The number of nitrogens with zero attached hydrogens (tertiary/aromatic N) is 1. The van der Waals surface area contributed by atoms with Gasteiger partial charge in [-0.1, -0.05) is 23.5 Å². The van der Waals surface area contributed by atoms with Gasteiger partial charge in [-0.2, -0.15) is 13.0 Å². The van der Waals surface area contributed by atoms with Crippen LogP contribution in [-0.4, -0.2) is 32.4 Å².